The highest BCUT2D eigenvalue weighted by atomic mass is 16.5. The van der Waals surface area contributed by atoms with E-state index in [0.717, 1.165) is 57.9 Å². The van der Waals surface area contributed by atoms with Gasteiger partial charge >= 0.3 is 0 Å². The number of hydrogen-bond acceptors (Lipinski definition) is 4. The summed E-state index contributed by atoms with van der Waals surface area (Å²) in [6, 6.07) is 10.1. The lowest BCUT2D eigenvalue weighted by atomic mass is 10.1. The van der Waals surface area contributed by atoms with E-state index in [-0.39, 0.29) is 0 Å². The predicted octanol–water partition coefficient (Wildman–Crippen LogP) is 6.53. The van der Waals surface area contributed by atoms with Gasteiger partial charge in [0.2, 0.25) is 0 Å². The molecule has 0 aliphatic rings. The molecule has 0 bridgehead atoms. The van der Waals surface area contributed by atoms with Gasteiger partial charge in [-0.15, -0.1) is 0 Å². The molecule has 0 radical (unpaired) electrons. The number of anilines is 1. The summed E-state index contributed by atoms with van der Waals surface area (Å²) < 4.78 is 5.76. The van der Waals surface area contributed by atoms with Crippen molar-refractivity contribution in [3.63, 3.8) is 0 Å². The largest absolute Gasteiger partial charge is 0.494 e. The smallest absolute Gasteiger partial charge is 0.127 e. The Morgan fingerprint density at radius 2 is 1.87 bits per heavy atom. The van der Waals surface area contributed by atoms with Gasteiger partial charge in [-0.3, -0.25) is 0 Å². The van der Waals surface area contributed by atoms with E-state index in [0.29, 0.717) is 12.4 Å². The number of benzene rings is 1. The molecule has 0 amide bonds. The van der Waals surface area contributed by atoms with E-state index >= 15 is 0 Å². The number of rotatable bonds is 9. The highest BCUT2D eigenvalue weighted by Gasteiger charge is 2.06. The molecule has 1 aromatic heterocycles. The van der Waals surface area contributed by atoms with Gasteiger partial charge in [-0.05, 0) is 73.7 Å². The third-order valence-corrected chi connectivity index (χ3v) is 4.37. The Labute approximate surface area is 182 Å². The average Bonchev–Trinajstić information content (AvgIpc) is 2.73. The summed E-state index contributed by atoms with van der Waals surface area (Å²) in [6.07, 6.45) is 3.79. The minimum Gasteiger partial charge on any atom is -0.494 e. The lowest BCUT2D eigenvalue weighted by Gasteiger charge is -2.14. The molecular weight excluding hydrogens is 370 g/mol. The molecule has 0 saturated carbocycles. The highest BCUT2D eigenvalue weighted by Crippen LogP contribution is 2.22. The molecule has 3 N–H and O–H groups in total. The highest BCUT2D eigenvalue weighted by molar-refractivity contribution is 5.69. The summed E-state index contributed by atoms with van der Waals surface area (Å²) in [5, 5.41) is 3.26. The molecule has 2 aromatic rings. The fourth-order valence-corrected chi connectivity index (χ4v) is 2.89. The zero-order chi connectivity index (χ0) is 22.7. The van der Waals surface area contributed by atoms with Gasteiger partial charge in [-0.1, -0.05) is 46.9 Å². The molecular formula is C26H37N3O. The zero-order valence-corrected chi connectivity index (χ0v) is 19.4. The van der Waals surface area contributed by atoms with Crippen LogP contribution in [0.5, 0.6) is 5.75 Å². The predicted molar refractivity (Wildman–Crippen MR) is 131 cm³/mol. The number of allylic oxidation sites excluding steroid dienone is 2. The molecule has 0 fully saturated rings. The summed E-state index contributed by atoms with van der Waals surface area (Å²) in [5.74, 6) is 1.43. The van der Waals surface area contributed by atoms with Crippen molar-refractivity contribution in [2.24, 2.45) is 0 Å². The van der Waals surface area contributed by atoms with Crippen LogP contribution in [-0.2, 0) is 6.42 Å². The summed E-state index contributed by atoms with van der Waals surface area (Å²) in [6.45, 7) is 21.1. The van der Waals surface area contributed by atoms with E-state index in [1.165, 1.54) is 0 Å². The van der Waals surface area contributed by atoms with Gasteiger partial charge in [-0.2, -0.15) is 0 Å². The monoisotopic (exact) mass is 407 g/mol. The van der Waals surface area contributed by atoms with Crippen LogP contribution in [0, 0.1) is 6.92 Å². The van der Waals surface area contributed by atoms with E-state index in [1.807, 2.05) is 58.0 Å². The number of nitrogens with one attached hydrogen (secondary N) is 1. The molecule has 2 rings (SSSR count). The Morgan fingerprint density at radius 3 is 2.47 bits per heavy atom. The minimum absolute atomic E-state index is 0.579. The van der Waals surface area contributed by atoms with E-state index in [4.69, 9.17) is 10.5 Å². The van der Waals surface area contributed by atoms with Gasteiger partial charge < -0.3 is 15.8 Å². The second-order valence-corrected chi connectivity index (χ2v) is 6.93. The van der Waals surface area contributed by atoms with Crippen LogP contribution < -0.4 is 15.8 Å². The van der Waals surface area contributed by atoms with Gasteiger partial charge in [-0.25, -0.2) is 4.98 Å². The van der Waals surface area contributed by atoms with Crippen LogP contribution in [0.15, 0.2) is 55.3 Å². The average molecular weight is 408 g/mol. The van der Waals surface area contributed by atoms with Crippen molar-refractivity contribution in [3.8, 4) is 5.75 Å². The maximum Gasteiger partial charge on any atom is 0.127 e. The topological polar surface area (TPSA) is 60.2 Å². The van der Waals surface area contributed by atoms with Crippen molar-refractivity contribution < 1.29 is 4.74 Å². The molecule has 30 heavy (non-hydrogen) atoms. The van der Waals surface area contributed by atoms with E-state index in [1.54, 1.807) is 0 Å². The first-order chi connectivity index (χ1) is 14.3. The standard InChI is InChI=1S/C24H31N3O.C2H6/c1-7-11-28-22-13-16(3)12-21(15-22)19(6)26-18(5)14-17(4)23-10-9-20(8-2)24(25)27-23;1-2/h9-10,12-15,26H,5-8,11H2,1-4H3,(H2,25,27);1-2H3/b17-14+;. The van der Waals surface area contributed by atoms with Crippen LogP contribution in [-0.4, -0.2) is 11.6 Å². The van der Waals surface area contributed by atoms with Crippen LogP contribution in [0.25, 0.3) is 11.3 Å². The molecule has 0 spiro atoms. The molecule has 0 saturated heterocycles. The second-order valence-electron chi connectivity index (χ2n) is 6.93. The molecule has 0 aliphatic heterocycles. The van der Waals surface area contributed by atoms with Crippen LogP contribution in [0.3, 0.4) is 0 Å². The van der Waals surface area contributed by atoms with Crippen LogP contribution in [0.4, 0.5) is 5.82 Å². The van der Waals surface area contributed by atoms with E-state index in [2.05, 4.69) is 43.4 Å². The summed E-state index contributed by atoms with van der Waals surface area (Å²) >= 11 is 0. The number of aromatic nitrogens is 1. The molecule has 162 valence electrons. The second kappa shape index (κ2) is 12.5. The number of nitrogens with zero attached hydrogens (tertiary/aromatic N) is 1. The number of hydrogen-bond donors (Lipinski definition) is 2. The van der Waals surface area contributed by atoms with Gasteiger partial charge in [0.25, 0.3) is 0 Å². The Balaban J connectivity index is 0.00000218. The fraction of sp³-hybridized carbons (Fsp3) is 0.346. The lowest BCUT2D eigenvalue weighted by Crippen LogP contribution is -2.09. The van der Waals surface area contributed by atoms with Crippen molar-refractivity contribution >= 4 is 17.1 Å². The molecule has 0 aliphatic carbocycles. The Hall–Kier alpha value is -3.01. The molecule has 4 nitrogen and oxygen atoms in total. The quantitative estimate of drug-likeness (QED) is 0.464. The Morgan fingerprint density at radius 1 is 1.17 bits per heavy atom. The minimum atomic E-state index is 0.579. The van der Waals surface area contributed by atoms with Crippen LogP contribution >= 0.6 is 0 Å². The number of nitrogens with two attached hydrogens (primary N) is 1. The van der Waals surface area contributed by atoms with Gasteiger partial charge in [0.1, 0.15) is 11.6 Å². The maximum atomic E-state index is 6.02. The maximum absolute atomic E-state index is 6.02. The number of ether oxygens (including phenoxy) is 1. The van der Waals surface area contributed by atoms with Gasteiger partial charge in [0, 0.05) is 17.0 Å². The van der Waals surface area contributed by atoms with Gasteiger partial charge in [0.15, 0.2) is 0 Å². The third kappa shape index (κ3) is 7.43. The summed E-state index contributed by atoms with van der Waals surface area (Å²) in [7, 11) is 0. The van der Waals surface area contributed by atoms with Gasteiger partial charge in [0.05, 0.1) is 12.3 Å². The number of nitrogen functional groups attached to an aromatic ring is 1. The fourth-order valence-electron chi connectivity index (χ4n) is 2.89. The first kappa shape index (κ1) is 25.0. The van der Waals surface area contributed by atoms with Crippen molar-refractivity contribution in [1.29, 1.82) is 0 Å². The molecule has 4 heteroatoms. The third-order valence-electron chi connectivity index (χ3n) is 4.37. The van der Waals surface area contributed by atoms with Crippen molar-refractivity contribution in [2.75, 3.05) is 12.3 Å². The first-order valence-corrected chi connectivity index (χ1v) is 10.7. The van der Waals surface area contributed by atoms with Crippen LogP contribution in [0.1, 0.15) is 63.4 Å². The van der Waals surface area contributed by atoms with E-state index in [9.17, 15) is 0 Å². The molecule has 0 atom stereocenters. The normalized spacial score (nSPS) is 10.7. The van der Waals surface area contributed by atoms with Crippen molar-refractivity contribution in [2.45, 2.75) is 54.4 Å². The summed E-state index contributed by atoms with van der Waals surface area (Å²) in [4.78, 5) is 4.49. The summed E-state index contributed by atoms with van der Waals surface area (Å²) in [5.41, 5.74) is 12.5. The number of aryl methyl sites for hydroxylation is 2. The number of pyridine rings is 1. The van der Waals surface area contributed by atoms with Crippen LogP contribution in [0.2, 0.25) is 0 Å². The lowest BCUT2D eigenvalue weighted by molar-refractivity contribution is 0.317. The molecule has 1 aromatic carbocycles. The van der Waals surface area contributed by atoms with Crippen molar-refractivity contribution in [1.82, 2.24) is 10.3 Å². The Bertz CT molecular complexity index is 897. The zero-order valence-electron chi connectivity index (χ0n) is 19.4. The Kier molecular flexibility index (Phi) is 10.5. The molecule has 0 unspecified atom stereocenters. The SMILES string of the molecule is C=C(/C=C(\C)c1ccc(CC)c(N)n1)NC(=C)c1cc(C)cc(OCCC)c1.CC. The molecule has 1 heterocycles. The van der Waals surface area contributed by atoms with Crippen molar-refractivity contribution in [3.05, 3.63) is 77.6 Å². The van der Waals surface area contributed by atoms with E-state index < -0.39 is 0 Å². The first-order valence-electron chi connectivity index (χ1n) is 10.7.